The maximum atomic E-state index is 14.6. The summed E-state index contributed by atoms with van der Waals surface area (Å²) in [6, 6.07) is 0.970. The molecule has 3 heterocycles. The van der Waals surface area contributed by atoms with E-state index < -0.39 is 17.9 Å². The largest absolute Gasteiger partial charge is 0.481 e. The van der Waals surface area contributed by atoms with Crippen LogP contribution in [0.4, 0.5) is 23.4 Å². The van der Waals surface area contributed by atoms with E-state index in [9.17, 15) is 22.4 Å². The molecular formula is C18H24F4N4O2. The smallest absolute Gasteiger partial charge is 0.391 e. The molecule has 3 rings (SSSR count). The van der Waals surface area contributed by atoms with Crippen LogP contribution in [0.2, 0.25) is 0 Å². The van der Waals surface area contributed by atoms with Gasteiger partial charge in [0.15, 0.2) is 11.6 Å². The van der Waals surface area contributed by atoms with Crippen molar-refractivity contribution in [3.8, 4) is 5.88 Å². The normalized spacial score (nSPS) is 21.0. The van der Waals surface area contributed by atoms with Crippen molar-refractivity contribution in [3.05, 3.63) is 17.4 Å². The monoisotopic (exact) mass is 404 g/mol. The summed E-state index contributed by atoms with van der Waals surface area (Å²) in [6.45, 7) is 0.985. The first-order valence-electron chi connectivity index (χ1n) is 9.35. The molecule has 6 nitrogen and oxygen atoms in total. The predicted molar refractivity (Wildman–Crippen MR) is 94.6 cm³/mol. The summed E-state index contributed by atoms with van der Waals surface area (Å²) < 4.78 is 58.3. The topological polar surface area (TPSA) is 66.5 Å². The Morgan fingerprint density at radius 2 is 2.07 bits per heavy atom. The molecule has 2 fully saturated rings. The molecule has 28 heavy (non-hydrogen) atoms. The Morgan fingerprint density at radius 1 is 1.36 bits per heavy atom. The van der Waals surface area contributed by atoms with Crippen molar-refractivity contribution in [2.45, 2.75) is 44.4 Å². The second-order valence-electron chi connectivity index (χ2n) is 7.13. The van der Waals surface area contributed by atoms with E-state index in [1.807, 2.05) is 0 Å². The van der Waals surface area contributed by atoms with Crippen LogP contribution in [0.1, 0.15) is 31.2 Å². The zero-order valence-corrected chi connectivity index (χ0v) is 15.6. The highest BCUT2D eigenvalue weighted by atomic mass is 19.4. The van der Waals surface area contributed by atoms with Crippen LogP contribution in [-0.4, -0.2) is 49.9 Å². The number of hydrogen-bond acceptors (Lipinski definition) is 5. The van der Waals surface area contributed by atoms with Crippen LogP contribution in [0, 0.1) is 11.7 Å². The van der Waals surface area contributed by atoms with Gasteiger partial charge in [-0.2, -0.15) is 18.2 Å². The molecule has 1 aromatic heterocycles. The van der Waals surface area contributed by atoms with E-state index >= 15 is 0 Å². The van der Waals surface area contributed by atoms with Crippen LogP contribution in [0.3, 0.4) is 0 Å². The summed E-state index contributed by atoms with van der Waals surface area (Å²) in [5, 5.41) is 5.82. The number of piperidine rings is 1. The van der Waals surface area contributed by atoms with Crippen molar-refractivity contribution < 1.29 is 27.1 Å². The molecule has 0 aromatic carbocycles. The molecule has 1 unspecified atom stereocenters. The number of rotatable bonds is 5. The summed E-state index contributed by atoms with van der Waals surface area (Å²) in [4.78, 5) is 17.8. The van der Waals surface area contributed by atoms with Gasteiger partial charge >= 0.3 is 6.18 Å². The van der Waals surface area contributed by atoms with Crippen LogP contribution in [0.25, 0.3) is 0 Å². The number of nitrogens with zero attached hydrogens (tertiary/aromatic N) is 2. The number of halogens is 4. The highest BCUT2D eigenvalue weighted by molar-refractivity contribution is 5.82. The highest BCUT2D eigenvalue weighted by Gasteiger charge is 2.41. The zero-order valence-electron chi connectivity index (χ0n) is 15.6. The molecule has 1 amide bonds. The van der Waals surface area contributed by atoms with E-state index in [0.29, 0.717) is 5.56 Å². The van der Waals surface area contributed by atoms with Crippen LogP contribution in [0.5, 0.6) is 5.88 Å². The molecule has 1 aromatic rings. The summed E-state index contributed by atoms with van der Waals surface area (Å²) >= 11 is 0. The lowest BCUT2D eigenvalue weighted by molar-refractivity contribution is -0.179. The molecule has 0 saturated carbocycles. The molecule has 1 atom stereocenters. The molecule has 2 aliphatic heterocycles. The Labute approximate surface area is 160 Å². The number of anilines is 1. The Morgan fingerprint density at radius 3 is 2.64 bits per heavy atom. The molecule has 2 aliphatic rings. The number of hydrogen-bond donors (Lipinski definition) is 2. The maximum absolute atomic E-state index is 14.6. The molecule has 0 bridgehead atoms. The van der Waals surface area contributed by atoms with E-state index in [1.54, 1.807) is 0 Å². The van der Waals surface area contributed by atoms with Crippen molar-refractivity contribution in [3.63, 3.8) is 0 Å². The third-order valence-electron chi connectivity index (χ3n) is 5.28. The van der Waals surface area contributed by atoms with Crippen LogP contribution >= 0.6 is 0 Å². The van der Waals surface area contributed by atoms with Gasteiger partial charge in [-0.15, -0.1) is 0 Å². The quantitative estimate of drug-likeness (QED) is 0.738. The van der Waals surface area contributed by atoms with Gasteiger partial charge in [0.2, 0.25) is 11.8 Å². The Bertz CT molecular complexity index is 700. The maximum Gasteiger partial charge on any atom is 0.391 e. The van der Waals surface area contributed by atoms with Gasteiger partial charge in [0.25, 0.3) is 0 Å². The number of carbonyl (C=O) groups is 1. The fourth-order valence-electron chi connectivity index (χ4n) is 3.66. The van der Waals surface area contributed by atoms with Gasteiger partial charge in [-0.1, -0.05) is 0 Å². The van der Waals surface area contributed by atoms with Crippen molar-refractivity contribution >= 4 is 11.7 Å². The molecule has 10 heteroatoms. The zero-order chi connectivity index (χ0) is 20.3. The number of aromatic nitrogens is 1. The summed E-state index contributed by atoms with van der Waals surface area (Å²) in [5.74, 6) is -2.06. The molecule has 156 valence electrons. The Balaban J connectivity index is 1.67. The Kier molecular flexibility index (Phi) is 6.26. The average Bonchev–Trinajstić information content (AvgIpc) is 3.20. The molecule has 2 saturated heterocycles. The van der Waals surface area contributed by atoms with Crippen LogP contribution < -0.4 is 20.3 Å². The molecule has 0 aliphatic carbocycles. The second kappa shape index (κ2) is 8.50. The van der Waals surface area contributed by atoms with Gasteiger partial charge in [0, 0.05) is 25.2 Å². The van der Waals surface area contributed by atoms with Gasteiger partial charge < -0.3 is 20.3 Å². The van der Waals surface area contributed by atoms with Crippen molar-refractivity contribution in [1.82, 2.24) is 15.6 Å². The molecule has 2 N–H and O–H groups in total. The van der Waals surface area contributed by atoms with Crippen LogP contribution in [0.15, 0.2) is 6.07 Å². The van der Waals surface area contributed by atoms with E-state index in [-0.39, 0.29) is 56.1 Å². The van der Waals surface area contributed by atoms with Gasteiger partial charge in [-0.3, -0.25) is 4.79 Å². The first-order chi connectivity index (χ1) is 13.3. The Hall–Kier alpha value is -2.10. The minimum absolute atomic E-state index is 0.0231. The van der Waals surface area contributed by atoms with E-state index in [0.717, 1.165) is 19.4 Å². The first kappa shape index (κ1) is 20.6. The fourth-order valence-corrected chi connectivity index (χ4v) is 3.66. The standard InChI is InChI=1S/C18H24F4N4O2/c1-28-17-11(10-24-16(27)14-3-2-6-23-14)9-13(19)15(25-17)26-7-4-12(5-8-26)18(20,21)22/h9,12,14,23H,2-8,10H2,1H3,(H,24,27). The SMILES string of the molecule is COc1nc(N2CCC(C(F)(F)F)CC2)c(F)cc1CNC(=O)C1CCCN1. The third-order valence-corrected chi connectivity index (χ3v) is 5.28. The fraction of sp³-hybridized carbons (Fsp3) is 0.667. The minimum atomic E-state index is -4.23. The number of carbonyl (C=O) groups excluding carboxylic acids is 1. The average molecular weight is 404 g/mol. The lowest BCUT2D eigenvalue weighted by atomic mass is 9.96. The predicted octanol–water partition coefficient (Wildman–Crippen LogP) is 2.38. The summed E-state index contributed by atoms with van der Waals surface area (Å²) in [6.07, 6.45) is -2.75. The molecule has 0 radical (unpaired) electrons. The number of nitrogens with one attached hydrogen (secondary N) is 2. The van der Waals surface area contributed by atoms with E-state index in [1.165, 1.54) is 18.1 Å². The van der Waals surface area contributed by atoms with Gasteiger partial charge in [0.1, 0.15) is 0 Å². The summed E-state index contributed by atoms with van der Waals surface area (Å²) in [5.41, 5.74) is 0.375. The molecular weight excluding hydrogens is 380 g/mol. The number of methoxy groups -OCH3 is 1. The van der Waals surface area contributed by atoms with Crippen molar-refractivity contribution in [2.24, 2.45) is 5.92 Å². The van der Waals surface area contributed by atoms with Gasteiger partial charge in [0.05, 0.1) is 19.1 Å². The lowest BCUT2D eigenvalue weighted by Crippen LogP contribution is -2.40. The van der Waals surface area contributed by atoms with Crippen molar-refractivity contribution in [1.29, 1.82) is 0 Å². The first-order valence-corrected chi connectivity index (χ1v) is 9.35. The minimum Gasteiger partial charge on any atom is -0.481 e. The number of pyridine rings is 1. The van der Waals surface area contributed by atoms with Gasteiger partial charge in [-0.25, -0.2) is 4.39 Å². The van der Waals surface area contributed by atoms with E-state index in [2.05, 4.69) is 15.6 Å². The van der Waals surface area contributed by atoms with E-state index in [4.69, 9.17) is 4.74 Å². The number of alkyl halides is 3. The highest BCUT2D eigenvalue weighted by Crippen LogP contribution is 2.36. The third kappa shape index (κ3) is 4.65. The second-order valence-corrected chi connectivity index (χ2v) is 7.13. The van der Waals surface area contributed by atoms with Gasteiger partial charge in [-0.05, 0) is 38.3 Å². The van der Waals surface area contributed by atoms with Crippen molar-refractivity contribution in [2.75, 3.05) is 31.6 Å². The lowest BCUT2D eigenvalue weighted by Gasteiger charge is -2.34. The summed E-state index contributed by atoms with van der Waals surface area (Å²) in [7, 11) is 1.38. The number of ether oxygens (including phenoxy) is 1. The number of amides is 1. The van der Waals surface area contributed by atoms with Crippen LogP contribution in [-0.2, 0) is 11.3 Å². The molecule has 0 spiro atoms.